The Morgan fingerprint density at radius 3 is 2.50 bits per heavy atom. The SMILES string of the molecule is COc1ccc(/C=N\NC(=O)CNS(=O)(=O)c2ccccc2)c(OC)c1. The van der Waals surface area contributed by atoms with Crippen molar-refractivity contribution in [1.82, 2.24) is 10.1 Å². The van der Waals surface area contributed by atoms with Crippen molar-refractivity contribution in [2.75, 3.05) is 20.8 Å². The Kier molecular flexibility index (Phi) is 6.70. The van der Waals surface area contributed by atoms with Gasteiger partial charge < -0.3 is 9.47 Å². The van der Waals surface area contributed by atoms with E-state index in [2.05, 4.69) is 15.2 Å². The number of hydrazone groups is 1. The van der Waals surface area contributed by atoms with Gasteiger partial charge in [0.25, 0.3) is 5.91 Å². The molecular weight excluding hydrogens is 358 g/mol. The Bertz CT molecular complexity index is 883. The molecular formula is C17H19N3O5S. The summed E-state index contributed by atoms with van der Waals surface area (Å²) in [4.78, 5) is 11.8. The maximum atomic E-state index is 12.0. The van der Waals surface area contributed by atoms with Gasteiger partial charge in [-0.15, -0.1) is 0 Å². The highest BCUT2D eigenvalue weighted by Crippen LogP contribution is 2.22. The number of hydrogen-bond acceptors (Lipinski definition) is 6. The molecule has 0 atom stereocenters. The van der Waals surface area contributed by atoms with E-state index in [4.69, 9.17) is 9.47 Å². The molecule has 0 aliphatic rings. The highest BCUT2D eigenvalue weighted by atomic mass is 32.2. The van der Waals surface area contributed by atoms with Gasteiger partial charge in [0.05, 0.1) is 31.9 Å². The summed E-state index contributed by atoms with van der Waals surface area (Å²) in [6.07, 6.45) is 1.39. The summed E-state index contributed by atoms with van der Waals surface area (Å²) >= 11 is 0. The number of ether oxygens (including phenoxy) is 2. The third-order valence-electron chi connectivity index (χ3n) is 3.31. The second-order valence-electron chi connectivity index (χ2n) is 5.04. The number of sulfonamides is 1. The van der Waals surface area contributed by atoms with Gasteiger partial charge in [0.2, 0.25) is 10.0 Å². The molecule has 9 heteroatoms. The summed E-state index contributed by atoms with van der Waals surface area (Å²) in [6, 6.07) is 12.9. The summed E-state index contributed by atoms with van der Waals surface area (Å²) < 4.78 is 36.5. The largest absolute Gasteiger partial charge is 0.497 e. The van der Waals surface area contributed by atoms with Crippen LogP contribution >= 0.6 is 0 Å². The third-order valence-corrected chi connectivity index (χ3v) is 4.73. The Hall–Kier alpha value is -2.91. The lowest BCUT2D eigenvalue weighted by Gasteiger charge is -2.07. The van der Waals surface area contributed by atoms with E-state index < -0.39 is 22.5 Å². The molecule has 2 aromatic rings. The molecule has 26 heavy (non-hydrogen) atoms. The van der Waals surface area contributed by atoms with Crippen LogP contribution in [0.1, 0.15) is 5.56 Å². The van der Waals surface area contributed by atoms with Crippen molar-refractivity contribution in [3.8, 4) is 11.5 Å². The molecule has 0 bridgehead atoms. The van der Waals surface area contributed by atoms with Crippen LogP contribution in [0.5, 0.6) is 11.5 Å². The van der Waals surface area contributed by atoms with Crippen LogP contribution in [0.2, 0.25) is 0 Å². The number of nitrogens with one attached hydrogen (secondary N) is 2. The normalized spacial score (nSPS) is 11.3. The molecule has 0 radical (unpaired) electrons. The number of rotatable bonds is 8. The average Bonchev–Trinajstić information content (AvgIpc) is 2.67. The molecule has 2 aromatic carbocycles. The first-order valence-corrected chi connectivity index (χ1v) is 9.03. The standard InChI is InChI=1S/C17H19N3O5S/c1-24-14-9-8-13(16(10-14)25-2)11-18-20-17(21)12-19-26(22,23)15-6-4-3-5-7-15/h3-11,19H,12H2,1-2H3,(H,20,21)/b18-11-. The molecule has 0 saturated heterocycles. The minimum absolute atomic E-state index is 0.0827. The lowest BCUT2D eigenvalue weighted by molar-refractivity contribution is -0.119. The van der Waals surface area contributed by atoms with Gasteiger partial charge in [-0.25, -0.2) is 18.6 Å². The number of carbonyl (C=O) groups is 1. The fraction of sp³-hybridized carbons (Fsp3) is 0.176. The number of methoxy groups -OCH3 is 2. The number of carbonyl (C=O) groups excluding carboxylic acids is 1. The van der Waals surface area contributed by atoms with Crippen molar-refractivity contribution < 1.29 is 22.7 Å². The molecule has 1 amide bonds. The highest BCUT2D eigenvalue weighted by molar-refractivity contribution is 7.89. The molecule has 0 fully saturated rings. The molecule has 8 nitrogen and oxygen atoms in total. The van der Waals surface area contributed by atoms with Crippen molar-refractivity contribution in [2.45, 2.75) is 4.90 Å². The number of benzene rings is 2. The summed E-state index contributed by atoms with van der Waals surface area (Å²) in [5, 5.41) is 3.80. The number of nitrogens with zero attached hydrogens (tertiary/aromatic N) is 1. The van der Waals surface area contributed by atoms with Crippen molar-refractivity contribution in [3.63, 3.8) is 0 Å². The zero-order valence-electron chi connectivity index (χ0n) is 14.3. The fourth-order valence-corrected chi connectivity index (χ4v) is 2.99. The van der Waals surface area contributed by atoms with Crippen LogP contribution in [0, 0.1) is 0 Å². The van der Waals surface area contributed by atoms with Crippen molar-refractivity contribution in [3.05, 3.63) is 54.1 Å². The molecule has 138 valence electrons. The summed E-state index contributed by atoms with van der Waals surface area (Å²) in [7, 11) is -0.704. The van der Waals surface area contributed by atoms with Gasteiger partial charge in [0.1, 0.15) is 11.5 Å². The van der Waals surface area contributed by atoms with Gasteiger partial charge >= 0.3 is 0 Å². The molecule has 2 rings (SSSR count). The lowest BCUT2D eigenvalue weighted by Crippen LogP contribution is -2.34. The van der Waals surface area contributed by atoms with E-state index in [1.807, 2.05) is 0 Å². The molecule has 0 aliphatic heterocycles. The zero-order chi connectivity index (χ0) is 19.0. The predicted octanol–water partition coefficient (Wildman–Crippen LogP) is 1.13. The first kappa shape index (κ1) is 19.4. The van der Waals surface area contributed by atoms with E-state index in [0.29, 0.717) is 17.1 Å². The summed E-state index contributed by atoms with van der Waals surface area (Å²) in [5.41, 5.74) is 2.88. The maximum Gasteiger partial charge on any atom is 0.255 e. The van der Waals surface area contributed by atoms with E-state index in [1.165, 1.54) is 25.5 Å². The smallest absolute Gasteiger partial charge is 0.255 e. The molecule has 0 heterocycles. The van der Waals surface area contributed by atoms with Crippen molar-refractivity contribution in [2.24, 2.45) is 5.10 Å². The van der Waals surface area contributed by atoms with Crippen LogP contribution in [-0.2, 0) is 14.8 Å². The van der Waals surface area contributed by atoms with Gasteiger partial charge in [-0.2, -0.15) is 5.10 Å². The van der Waals surface area contributed by atoms with Gasteiger partial charge in [-0.05, 0) is 24.3 Å². The zero-order valence-corrected chi connectivity index (χ0v) is 15.1. The quantitative estimate of drug-likeness (QED) is 0.530. The van der Waals surface area contributed by atoms with E-state index in [1.54, 1.807) is 43.5 Å². The lowest BCUT2D eigenvalue weighted by atomic mass is 10.2. The van der Waals surface area contributed by atoms with Gasteiger partial charge in [0, 0.05) is 11.6 Å². The molecule has 0 unspecified atom stereocenters. The van der Waals surface area contributed by atoms with E-state index in [0.717, 1.165) is 0 Å². The Balaban J connectivity index is 1.92. The second kappa shape index (κ2) is 8.97. The summed E-state index contributed by atoms with van der Waals surface area (Å²) in [6.45, 7) is -0.436. The Morgan fingerprint density at radius 2 is 1.85 bits per heavy atom. The van der Waals surface area contributed by atoms with E-state index in [-0.39, 0.29) is 4.90 Å². The predicted molar refractivity (Wildman–Crippen MR) is 96.9 cm³/mol. The van der Waals surface area contributed by atoms with Crippen LogP contribution in [0.3, 0.4) is 0 Å². The van der Waals surface area contributed by atoms with Crippen LogP contribution < -0.4 is 19.6 Å². The van der Waals surface area contributed by atoms with Gasteiger partial charge in [-0.3, -0.25) is 4.79 Å². The first-order chi connectivity index (χ1) is 12.5. The van der Waals surface area contributed by atoms with Crippen LogP contribution in [0.15, 0.2) is 58.5 Å². The molecule has 0 spiro atoms. The van der Waals surface area contributed by atoms with Crippen molar-refractivity contribution >= 4 is 22.1 Å². The average molecular weight is 377 g/mol. The van der Waals surface area contributed by atoms with Crippen LogP contribution in [0.4, 0.5) is 0 Å². The highest BCUT2D eigenvalue weighted by Gasteiger charge is 2.14. The fourth-order valence-electron chi connectivity index (χ4n) is 1.98. The number of amides is 1. The monoisotopic (exact) mass is 377 g/mol. The first-order valence-electron chi connectivity index (χ1n) is 7.55. The van der Waals surface area contributed by atoms with Gasteiger partial charge in [0.15, 0.2) is 0 Å². The Labute approximate surface area is 151 Å². The maximum absolute atomic E-state index is 12.0. The van der Waals surface area contributed by atoms with Crippen LogP contribution in [0.25, 0.3) is 0 Å². The minimum Gasteiger partial charge on any atom is -0.497 e. The van der Waals surface area contributed by atoms with Gasteiger partial charge in [-0.1, -0.05) is 18.2 Å². The molecule has 2 N–H and O–H groups in total. The van der Waals surface area contributed by atoms with Crippen LogP contribution in [-0.4, -0.2) is 41.3 Å². The second-order valence-corrected chi connectivity index (χ2v) is 6.81. The molecule has 0 aromatic heterocycles. The molecule has 0 saturated carbocycles. The summed E-state index contributed by atoms with van der Waals surface area (Å²) in [5.74, 6) is 0.540. The van der Waals surface area contributed by atoms with E-state index >= 15 is 0 Å². The molecule has 0 aliphatic carbocycles. The number of hydrogen-bond donors (Lipinski definition) is 2. The topological polar surface area (TPSA) is 106 Å². The van der Waals surface area contributed by atoms with E-state index in [9.17, 15) is 13.2 Å². The minimum atomic E-state index is -3.75. The van der Waals surface area contributed by atoms with Crippen molar-refractivity contribution in [1.29, 1.82) is 0 Å². The Morgan fingerprint density at radius 1 is 1.12 bits per heavy atom. The third kappa shape index (κ3) is 5.30.